The number of nitrogens with one attached hydrogen (secondary N) is 2. The van der Waals surface area contributed by atoms with Gasteiger partial charge in [0.25, 0.3) is 5.91 Å². The lowest BCUT2D eigenvalue weighted by Gasteiger charge is -2.16. The van der Waals surface area contributed by atoms with E-state index in [0.717, 1.165) is 5.56 Å². The van der Waals surface area contributed by atoms with Crippen LogP contribution in [0, 0.1) is 0 Å². The smallest absolute Gasteiger partial charge is 0.355 e. The van der Waals surface area contributed by atoms with E-state index in [1.165, 1.54) is 13.2 Å². The van der Waals surface area contributed by atoms with Crippen molar-refractivity contribution in [2.75, 3.05) is 13.7 Å². The predicted octanol–water partition coefficient (Wildman–Crippen LogP) is 1.07. The van der Waals surface area contributed by atoms with Crippen molar-refractivity contribution in [3.8, 4) is 0 Å². The molecule has 0 unspecified atom stereocenters. The van der Waals surface area contributed by atoms with Crippen LogP contribution in [-0.2, 0) is 25.5 Å². The molecule has 2 N–H and O–H groups in total. The van der Waals surface area contributed by atoms with Crippen molar-refractivity contribution in [2.45, 2.75) is 12.5 Å². The van der Waals surface area contributed by atoms with Gasteiger partial charge in [-0.2, -0.15) is 0 Å². The molecule has 126 valence electrons. The summed E-state index contributed by atoms with van der Waals surface area (Å²) >= 11 is 0. The van der Waals surface area contributed by atoms with Crippen molar-refractivity contribution in [2.24, 2.45) is 0 Å². The van der Waals surface area contributed by atoms with Gasteiger partial charge in [-0.3, -0.25) is 4.79 Å². The molecule has 0 aliphatic carbocycles. The summed E-state index contributed by atoms with van der Waals surface area (Å²) < 4.78 is 9.58. The van der Waals surface area contributed by atoms with Crippen LogP contribution in [0.25, 0.3) is 0 Å². The molecule has 1 atom stereocenters. The van der Waals surface area contributed by atoms with Crippen LogP contribution >= 0.6 is 0 Å². The van der Waals surface area contributed by atoms with Gasteiger partial charge in [-0.05, 0) is 17.7 Å². The average Bonchev–Trinajstić information content (AvgIpc) is 3.14. The number of amides is 1. The molecule has 7 nitrogen and oxygen atoms in total. The largest absolute Gasteiger partial charge is 0.467 e. The highest BCUT2D eigenvalue weighted by Crippen LogP contribution is 2.05. The number of hydrogen-bond donors (Lipinski definition) is 2. The number of esters is 2. The quantitative estimate of drug-likeness (QED) is 0.740. The third-order valence-electron chi connectivity index (χ3n) is 3.26. The minimum Gasteiger partial charge on any atom is -0.467 e. The standard InChI is InChI=1S/C17H18N2O5/c1-23-16(21)14(10-12-6-3-2-4-7-12)19-15(20)11-24-17(22)13-8-5-9-18-13/h2-9,14,18H,10-11H2,1H3,(H,19,20)/t14-/m1/s1. The molecule has 0 saturated heterocycles. The zero-order valence-corrected chi connectivity index (χ0v) is 13.2. The monoisotopic (exact) mass is 330 g/mol. The first-order valence-corrected chi connectivity index (χ1v) is 7.31. The van der Waals surface area contributed by atoms with Crippen LogP contribution in [-0.4, -0.2) is 42.6 Å². The van der Waals surface area contributed by atoms with Gasteiger partial charge < -0.3 is 19.8 Å². The number of benzene rings is 1. The Morgan fingerprint density at radius 2 is 1.88 bits per heavy atom. The Balaban J connectivity index is 1.89. The van der Waals surface area contributed by atoms with Crippen molar-refractivity contribution in [3.05, 3.63) is 59.9 Å². The molecule has 0 aliphatic heterocycles. The molecule has 24 heavy (non-hydrogen) atoms. The normalized spacial score (nSPS) is 11.4. The van der Waals surface area contributed by atoms with Gasteiger partial charge >= 0.3 is 11.9 Å². The maximum absolute atomic E-state index is 11.9. The van der Waals surface area contributed by atoms with E-state index in [0.29, 0.717) is 0 Å². The summed E-state index contributed by atoms with van der Waals surface area (Å²) in [6.45, 7) is -0.486. The number of H-pyrrole nitrogens is 1. The van der Waals surface area contributed by atoms with Gasteiger partial charge in [0.2, 0.25) is 0 Å². The number of methoxy groups -OCH3 is 1. The second-order valence-electron chi connectivity index (χ2n) is 4.99. The van der Waals surface area contributed by atoms with Crippen LogP contribution < -0.4 is 5.32 Å². The maximum Gasteiger partial charge on any atom is 0.355 e. The zero-order valence-electron chi connectivity index (χ0n) is 13.2. The van der Waals surface area contributed by atoms with Gasteiger partial charge in [-0.1, -0.05) is 30.3 Å². The molecule has 1 aromatic heterocycles. The fourth-order valence-corrected chi connectivity index (χ4v) is 2.09. The van der Waals surface area contributed by atoms with Crippen LogP contribution in [0.4, 0.5) is 0 Å². The highest BCUT2D eigenvalue weighted by Gasteiger charge is 2.22. The van der Waals surface area contributed by atoms with Crippen LogP contribution in [0.2, 0.25) is 0 Å². The number of aromatic nitrogens is 1. The molecular formula is C17H18N2O5. The summed E-state index contributed by atoms with van der Waals surface area (Å²) in [6.07, 6.45) is 1.85. The van der Waals surface area contributed by atoms with Crippen LogP contribution in [0.15, 0.2) is 48.7 Å². The Bertz CT molecular complexity index is 682. The van der Waals surface area contributed by atoms with E-state index >= 15 is 0 Å². The minimum atomic E-state index is -0.853. The van der Waals surface area contributed by atoms with E-state index in [1.807, 2.05) is 30.3 Å². The predicted molar refractivity (Wildman–Crippen MR) is 85.2 cm³/mol. The summed E-state index contributed by atoms with van der Waals surface area (Å²) in [5.41, 5.74) is 1.12. The van der Waals surface area contributed by atoms with E-state index in [4.69, 9.17) is 9.47 Å². The van der Waals surface area contributed by atoms with Gasteiger partial charge in [0.15, 0.2) is 6.61 Å². The third-order valence-corrected chi connectivity index (χ3v) is 3.26. The Morgan fingerprint density at radius 1 is 1.12 bits per heavy atom. The molecule has 1 heterocycles. The molecule has 0 bridgehead atoms. The van der Waals surface area contributed by atoms with Gasteiger partial charge in [-0.25, -0.2) is 9.59 Å². The highest BCUT2D eigenvalue weighted by atomic mass is 16.5. The average molecular weight is 330 g/mol. The SMILES string of the molecule is COC(=O)[C@@H](Cc1ccccc1)NC(=O)COC(=O)c1ccc[nH]1. The minimum absolute atomic E-state index is 0.247. The second-order valence-corrected chi connectivity index (χ2v) is 4.99. The number of rotatable bonds is 7. The number of ether oxygens (including phenoxy) is 2. The van der Waals surface area contributed by atoms with E-state index in [-0.39, 0.29) is 12.1 Å². The number of carbonyl (C=O) groups is 3. The molecule has 1 aromatic carbocycles. The first-order valence-electron chi connectivity index (χ1n) is 7.31. The van der Waals surface area contributed by atoms with Crippen molar-refractivity contribution in [3.63, 3.8) is 0 Å². The Hall–Kier alpha value is -3.09. The van der Waals surface area contributed by atoms with E-state index in [2.05, 4.69) is 10.3 Å². The molecule has 0 radical (unpaired) electrons. The first-order chi connectivity index (χ1) is 11.6. The maximum atomic E-state index is 11.9. The lowest BCUT2D eigenvalue weighted by Crippen LogP contribution is -2.44. The summed E-state index contributed by atoms with van der Waals surface area (Å²) in [5, 5.41) is 2.52. The lowest BCUT2D eigenvalue weighted by atomic mass is 10.1. The number of hydrogen-bond acceptors (Lipinski definition) is 5. The van der Waals surface area contributed by atoms with Crippen molar-refractivity contribution in [1.82, 2.24) is 10.3 Å². The van der Waals surface area contributed by atoms with Crippen molar-refractivity contribution in [1.29, 1.82) is 0 Å². The van der Waals surface area contributed by atoms with E-state index in [9.17, 15) is 14.4 Å². The summed E-state index contributed by atoms with van der Waals surface area (Å²) in [6, 6.07) is 11.5. The molecule has 7 heteroatoms. The third kappa shape index (κ3) is 4.98. The Morgan fingerprint density at radius 3 is 2.50 bits per heavy atom. The number of aromatic amines is 1. The highest BCUT2D eigenvalue weighted by molar-refractivity contribution is 5.90. The molecule has 0 fully saturated rings. The van der Waals surface area contributed by atoms with Crippen LogP contribution in [0.1, 0.15) is 16.1 Å². The van der Waals surface area contributed by atoms with E-state index in [1.54, 1.807) is 12.3 Å². The topological polar surface area (TPSA) is 97.5 Å². The zero-order chi connectivity index (χ0) is 17.4. The van der Waals surface area contributed by atoms with Gasteiger partial charge in [0, 0.05) is 12.6 Å². The molecule has 2 aromatic rings. The van der Waals surface area contributed by atoms with Gasteiger partial charge in [0.1, 0.15) is 11.7 Å². The van der Waals surface area contributed by atoms with Gasteiger partial charge in [-0.15, -0.1) is 0 Å². The van der Waals surface area contributed by atoms with Crippen LogP contribution in [0.5, 0.6) is 0 Å². The van der Waals surface area contributed by atoms with Crippen molar-refractivity contribution < 1.29 is 23.9 Å². The molecule has 0 aliphatic rings. The molecule has 0 spiro atoms. The number of carbonyl (C=O) groups excluding carboxylic acids is 3. The fourth-order valence-electron chi connectivity index (χ4n) is 2.09. The summed E-state index contributed by atoms with van der Waals surface area (Å²) in [7, 11) is 1.25. The fraction of sp³-hybridized carbons (Fsp3) is 0.235. The first kappa shape index (κ1) is 17.3. The Kier molecular flexibility index (Phi) is 6.13. The Labute approximate surface area is 139 Å². The molecule has 1 amide bonds. The molecule has 0 saturated carbocycles. The summed E-state index contributed by atoms with van der Waals surface area (Å²) in [5.74, 6) is -1.79. The van der Waals surface area contributed by atoms with Crippen LogP contribution in [0.3, 0.4) is 0 Å². The van der Waals surface area contributed by atoms with E-state index < -0.39 is 30.5 Å². The molecular weight excluding hydrogens is 312 g/mol. The van der Waals surface area contributed by atoms with Crippen molar-refractivity contribution >= 4 is 17.8 Å². The van der Waals surface area contributed by atoms with Gasteiger partial charge in [0.05, 0.1) is 7.11 Å². The molecule has 2 rings (SSSR count). The lowest BCUT2D eigenvalue weighted by molar-refractivity contribution is -0.145. The summed E-state index contributed by atoms with van der Waals surface area (Å²) in [4.78, 5) is 38.1. The second kappa shape index (κ2) is 8.52.